The van der Waals surface area contributed by atoms with E-state index in [0.29, 0.717) is 44.5 Å². The molecule has 6 nitrogen and oxygen atoms in total. The molecule has 1 saturated carbocycles. The summed E-state index contributed by atoms with van der Waals surface area (Å²) in [6, 6.07) is 16.0. The lowest BCUT2D eigenvalue weighted by atomic mass is 9.87. The van der Waals surface area contributed by atoms with Crippen molar-refractivity contribution in [2.75, 3.05) is 7.11 Å². The topological polar surface area (TPSA) is 79.8 Å². The number of pyridine rings is 1. The van der Waals surface area contributed by atoms with Crippen LogP contribution in [0, 0.1) is 23.1 Å². The Balaban J connectivity index is 1.50. The van der Waals surface area contributed by atoms with Crippen molar-refractivity contribution >= 4 is 22.8 Å². The van der Waals surface area contributed by atoms with E-state index in [9.17, 15) is 14.8 Å². The van der Waals surface area contributed by atoms with Gasteiger partial charge in [0, 0.05) is 36.1 Å². The summed E-state index contributed by atoms with van der Waals surface area (Å²) in [5.41, 5.74) is 6.12. The number of fused-ring (bicyclic) bond motifs is 3. The molecule has 1 aliphatic heterocycles. The number of aliphatic hydroxyl groups is 1. The number of methoxy groups -OCH3 is 1. The summed E-state index contributed by atoms with van der Waals surface area (Å²) >= 11 is 6.37. The van der Waals surface area contributed by atoms with Gasteiger partial charge in [-0.15, -0.1) is 0 Å². The van der Waals surface area contributed by atoms with Gasteiger partial charge in [0.15, 0.2) is 5.65 Å². The standard InChI is InChI=1S/C29H23ClFN3O3/c1-36-15-24-27(34-10-2-3-23(30)29(34)33-24)28(35)17-6-8-20-18(11-17)14-37-25-12-19(31)7-9-21(25)26(20)22(13-32)16-4-5-16/h2-3,6-12,16,28,35H,4-5,14-15H2,1H3/b26-22-. The highest BCUT2D eigenvalue weighted by Crippen LogP contribution is 2.46. The number of hydrogen-bond donors (Lipinski definition) is 1. The maximum atomic E-state index is 14.1. The van der Waals surface area contributed by atoms with Gasteiger partial charge in [-0.3, -0.25) is 4.40 Å². The third-order valence-corrected chi connectivity index (χ3v) is 7.24. The molecule has 0 radical (unpaired) electrons. The Morgan fingerprint density at radius 2 is 2.08 bits per heavy atom. The van der Waals surface area contributed by atoms with Crippen molar-refractivity contribution in [2.24, 2.45) is 5.92 Å². The van der Waals surface area contributed by atoms with Crippen molar-refractivity contribution in [1.82, 2.24) is 9.38 Å². The second-order valence-electron chi connectivity index (χ2n) is 9.35. The third-order valence-electron chi connectivity index (χ3n) is 6.94. The first-order chi connectivity index (χ1) is 18.0. The van der Waals surface area contributed by atoms with Gasteiger partial charge in [-0.1, -0.05) is 23.7 Å². The van der Waals surface area contributed by atoms with E-state index < -0.39 is 11.9 Å². The molecular weight excluding hydrogens is 493 g/mol. The number of hydrogen-bond acceptors (Lipinski definition) is 5. The Labute approximate surface area is 218 Å². The number of nitrogens with zero attached hydrogens (tertiary/aromatic N) is 3. The monoisotopic (exact) mass is 515 g/mol. The molecule has 2 aliphatic rings. The van der Waals surface area contributed by atoms with Crippen LogP contribution >= 0.6 is 11.6 Å². The number of imidazole rings is 1. The normalized spacial score (nSPS) is 16.8. The Morgan fingerprint density at radius 1 is 1.27 bits per heavy atom. The minimum atomic E-state index is -1.03. The van der Waals surface area contributed by atoms with Crippen molar-refractivity contribution < 1.29 is 19.0 Å². The largest absolute Gasteiger partial charge is 0.488 e. The molecule has 1 fully saturated rings. The quantitative estimate of drug-likeness (QED) is 0.331. The molecule has 1 aliphatic carbocycles. The first kappa shape index (κ1) is 23.7. The van der Waals surface area contributed by atoms with Crippen LogP contribution in [0.15, 0.2) is 60.3 Å². The third kappa shape index (κ3) is 4.08. The van der Waals surface area contributed by atoms with Crippen molar-refractivity contribution in [3.8, 4) is 11.8 Å². The van der Waals surface area contributed by atoms with Gasteiger partial charge in [-0.05, 0) is 65.8 Å². The van der Waals surface area contributed by atoms with E-state index >= 15 is 0 Å². The summed E-state index contributed by atoms with van der Waals surface area (Å²) in [5.74, 6) is 0.191. The summed E-state index contributed by atoms with van der Waals surface area (Å²) in [5, 5.41) is 22.1. The second-order valence-corrected chi connectivity index (χ2v) is 9.76. The lowest BCUT2D eigenvalue weighted by Crippen LogP contribution is -2.09. The molecule has 3 heterocycles. The molecule has 1 atom stereocenters. The highest BCUT2D eigenvalue weighted by Gasteiger charge is 2.33. The number of ether oxygens (including phenoxy) is 2. The molecule has 0 bridgehead atoms. The Kier molecular flexibility index (Phi) is 5.96. The molecule has 6 rings (SSSR count). The Morgan fingerprint density at radius 3 is 2.84 bits per heavy atom. The van der Waals surface area contributed by atoms with Gasteiger partial charge >= 0.3 is 0 Å². The molecule has 37 heavy (non-hydrogen) atoms. The average Bonchev–Trinajstić information content (AvgIpc) is 3.68. The van der Waals surface area contributed by atoms with Crippen LogP contribution < -0.4 is 4.74 Å². The van der Waals surface area contributed by atoms with Gasteiger partial charge in [0.25, 0.3) is 0 Å². The van der Waals surface area contributed by atoms with Crippen molar-refractivity contribution in [3.63, 3.8) is 0 Å². The Hall–Kier alpha value is -3.70. The van der Waals surface area contributed by atoms with Gasteiger partial charge < -0.3 is 14.6 Å². The molecule has 0 amide bonds. The van der Waals surface area contributed by atoms with Crippen LogP contribution in [0.2, 0.25) is 5.02 Å². The van der Waals surface area contributed by atoms with Gasteiger partial charge in [0.05, 0.1) is 29.1 Å². The van der Waals surface area contributed by atoms with E-state index in [1.165, 1.54) is 12.1 Å². The van der Waals surface area contributed by atoms with Crippen LogP contribution in [0.1, 0.15) is 52.6 Å². The van der Waals surface area contributed by atoms with Gasteiger partial charge in [-0.2, -0.15) is 5.26 Å². The number of aromatic nitrogens is 2. The first-order valence-electron chi connectivity index (χ1n) is 12.0. The van der Waals surface area contributed by atoms with Crippen LogP contribution in [0.25, 0.3) is 11.2 Å². The molecule has 1 N–H and O–H groups in total. The molecule has 0 saturated heterocycles. The van der Waals surface area contributed by atoms with Crippen molar-refractivity contribution in [3.05, 3.63) is 105 Å². The predicted molar refractivity (Wildman–Crippen MR) is 137 cm³/mol. The summed E-state index contributed by atoms with van der Waals surface area (Å²) in [6.07, 6.45) is 2.68. The zero-order valence-corrected chi connectivity index (χ0v) is 20.8. The fraction of sp³-hybridized carbons (Fsp3) is 0.241. The van der Waals surface area contributed by atoms with Crippen LogP contribution in [0.5, 0.6) is 5.75 Å². The van der Waals surface area contributed by atoms with E-state index in [4.69, 9.17) is 21.1 Å². The van der Waals surface area contributed by atoms with E-state index in [-0.39, 0.29) is 19.1 Å². The Bertz CT molecular complexity index is 1620. The molecule has 2 aromatic carbocycles. The minimum absolute atomic E-state index is 0.170. The highest BCUT2D eigenvalue weighted by molar-refractivity contribution is 6.33. The first-order valence-corrected chi connectivity index (χ1v) is 12.4. The van der Waals surface area contributed by atoms with Gasteiger partial charge in [-0.25, -0.2) is 9.37 Å². The van der Waals surface area contributed by atoms with Crippen LogP contribution in [0.3, 0.4) is 0 Å². The van der Waals surface area contributed by atoms with Crippen molar-refractivity contribution in [1.29, 1.82) is 5.26 Å². The predicted octanol–water partition coefficient (Wildman–Crippen LogP) is 5.98. The zero-order chi connectivity index (χ0) is 25.7. The fourth-order valence-electron chi connectivity index (χ4n) is 5.07. The molecule has 2 aromatic heterocycles. The van der Waals surface area contributed by atoms with E-state index in [1.54, 1.807) is 35.9 Å². The number of benzene rings is 2. The van der Waals surface area contributed by atoms with Crippen molar-refractivity contribution in [2.45, 2.75) is 32.2 Å². The number of allylic oxidation sites excluding steroid dienone is 1. The SMILES string of the molecule is COCc1nc2c(Cl)cccn2c1C(O)c1ccc2c(c1)COc1cc(F)ccc1/C2=C(/C#N)C1CC1. The molecule has 186 valence electrons. The van der Waals surface area contributed by atoms with E-state index in [2.05, 4.69) is 11.1 Å². The molecule has 0 spiro atoms. The number of nitriles is 1. The zero-order valence-electron chi connectivity index (χ0n) is 20.0. The van der Waals surface area contributed by atoms with E-state index in [1.807, 2.05) is 18.2 Å². The number of halogens is 2. The highest BCUT2D eigenvalue weighted by atomic mass is 35.5. The summed E-state index contributed by atoms with van der Waals surface area (Å²) in [7, 11) is 1.57. The lowest BCUT2D eigenvalue weighted by molar-refractivity contribution is 0.172. The fourth-order valence-corrected chi connectivity index (χ4v) is 5.28. The molecule has 4 aromatic rings. The summed E-state index contributed by atoms with van der Waals surface area (Å²) in [6.45, 7) is 0.377. The van der Waals surface area contributed by atoms with Crippen LogP contribution in [-0.4, -0.2) is 21.6 Å². The number of rotatable bonds is 5. The smallest absolute Gasteiger partial charge is 0.156 e. The molecule has 1 unspecified atom stereocenters. The number of aliphatic hydroxyl groups excluding tert-OH is 1. The summed E-state index contributed by atoms with van der Waals surface area (Å²) < 4.78 is 27.2. The lowest BCUT2D eigenvalue weighted by Gasteiger charge is -2.17. The molecule has 8 heteroatoms. The average molecular weight is 516 g/mol. The van der Waals surface area contributed by atoms with E-state index in [0.717, 1.165) is 29.5 Å². The second kappa shape index (κ2) is 9.31. The van der Waals surface area contributed by atoms with Gasteiger partial charge in [0.2, 0.25) is 0 Å². The van der Waals surface area contributed by atoms with Crippen LogP contribution in [0.4, 0.5) is 4.39 Å². The minimum Gasteiger partial charge on any atom is -0.488 e. The molecular formula is C29H23ClFN3O3. The maximum Gasteiger partial charge on any atom is 0.156 e. The summed E-state index contributed by atoms with van der Waals surface area (Å²) in [4.78, 5) is 4.60. The maximum absolute atomic E-state index is 14.1. The van der Waals surface area contributed by atoms with Gasteiger partial charge in [0.1, 0.15) is 24.3 Å². The van der Waals surface area contributed by atoms with Crippen LogP contribution in [-0.2, 0) is 18.0 Å².